The van der Waals surface area contributed by atoms with Crippen LogP contribution in [0.3, 0.4) is 0 Å². The summed E-state index contributed by atoms with van der Waals surface area (Å²) in [7, 11) is 10.0. The Morgan fingerprint density at radius 1 is 1.21 bits per heavy atom. The number of rotatable bonds is 6. The predicted octanol–water partition coefficient (Wildman–Crippen LogP) is 1.17. The van der Waals surface area contributed by atoms with Gasteiger partial charge in [-0.15, -0.1) is 10.1 Å². The summed E-state index contributed by atoms with van der Waals surface area (Å²) >= 11 is 0. The van der Waals surface area contributed by atoms with Crippen molar-refractivity contribution in [3.63, 3.8) is 0 Å². The van der Waals surface area contributed by atoms with Gasteiger partial charge in [0.2, 0.25) is 0 Å². The van der Waals surface area contributed by atoms with Crippen LogP contribution in [0.5, 0.6) is 0 Å². The molecular weight excluding hydrogens is 178 g/mol. The van der Waals surface area contributed by atoms with Crippen molar-refractivity contribution in [1.29, 1.82) is 0 Å². The molecule has 0 aromatic rings. The van der Waals surface area contributed by atoms with E-state index < -0.39 is 0 Å². The second-order valence-corrected chi connectivity index (χ2v) is 4.99. The molecule has 0 bridgehead atoms. The number of quaternary nitrogens is 2. The number of nitrogens with one attached hydrogen (secondary N) is 1. The molecule has 0 radical (unpaired) electrons. The van der Waals surface area contributed by atoms with Crippen LogP contribution < -0.4 is 5.43 Å². The lowest BCUT2D eigenvalue weighted by Crippen LogP contribution is -2.61. The molecule has 2 atom stereocenters. The van der Waals surface area contributed by atoms with Gasteiger partial charge in [-0.05, 0) is 6.42 Å². The first-order chi connectivity index (χ1) is 6.22. The van der Waals surface area contributed by atoms with Gasteiger partial charge >= 0.3 is 0 Å². The molecule has 1 N–H and O–H groups in total. The monoisotopic (exact) mass is 205 g/mol. The van der Waals surface area contributed by atoms with E-state index in [1.165, 1.54) is 6.42 Å². The van der Waals surface area contributed by atoms with Gasteiger partial charge in [-0.2, -0.15) is 0 Å². The molecule has 0 aromatic heterocycles. The van der Waals surface area contributed by atoms with Gasteiger partial charge < -0.3 is 0 Å². The SMILES string of the molecule is CCC(C)C[N+](C)(NC)O[N+](C)(C)C. The van der Waals surface area contributed by atoms with Crippen LogP contribution in [-0.4, -0.2) is 51.2 Å². The maximum absolute atomic E-state index is 5.91. The predicted molar refractivity (Wildman–Crippen MR) is 58.7 cm³/mol. The van der Waals surface area contributed by atoms with Crippen LogP contribution in [0.4, 0.5) is 0 Å². The molecule has 0 saturated heterocycles. The van der Waals surface area contributed by atoms with Gasteiger partial charge in [0.15, 0.2) is 0 Å². The topological polar surface area (TPSA) is 21.3 Å². The maximum atomic E-state index is 5.91. The number of hydroxylamine groups is 5. The highest BCUT2D eigenvalue weighted by Gasteiger charge is 2.32. The van der Waals surface area contributed by atoms with E-state index in [4.69, 9.17) is 4.94 Å². The Bertz CT molecular complexity index is 167. The largest absolute Gasteiger partial charge is 0.136 e. The summed E-state index contributed by atoms with van der Waals surface area (Å²) in [5.41, 5.74) is 3.20. The van der Waals surface area contributed by atoms with Gasteiger partial charge in [-0.3, -0.25) is 0 Å². The van der Waals surface area contributed by atoms with Crippen LogP contribution in [0.25, 0.3) is 0 Å². The smallest absolute Gasteiger partial charge is 0.134 e. The molecule has 0 amide bonds. The van der Waals surface area contributed by atoms with Crippen LogP contribution in [0, 0.1) is 5.92 Å². The third kappa shape index (κ3) is 5.54. The van der Waals surface area contributed by atoms with Crippen molar-refractivity contribution in [2.75, 3.05) is 41.8 Å². The molecule has 86 valence electrons. The van der Waals surface area contributed by atoms with Crippen molar-refractivity contribution in [3.8, 4) is 0 Å². The molecule has 0 heterocycles. The van der Waals surface area contributed by atoms with E-state index in [0.717, 1.165) is 6.54 Å². The maximum Gasteiger partial charge on any atom is 0.136 e. The summed E-state index contributed by atoms with van der Waals surface area (Å²) in [5, 5.41) is 0. The summed E-state index contributed by atoms with van der Waals surface area (Å²) in [5.74, 6) is 0.652. The number of hydrogen-bond acceptors (Lipinski definition) is 2. The van der Waals surface area contributed by atoms with E-state index in [1.54, 1.807) is 0 Å². The molecule has 0 aliphatic heterocycles. The van der Waals surface area contributed by atoms with E-state index >= 15 is 0 Å². The van der Waals surface area contributed by atoms with Gasteiger partial charge in [0.05, 0.1) is 0 Å². The Morgan fingerprint density at radius 3 is 2.00 bits per heavy atom. The normalized spacial score (nSPS) is 19.1. The van der Waals surface area contributed by atoms with Gasteiger partial charge in [-0.25, -0.2) is 0 Å². The summed E-state index contributed by atoms with van der Waals surface area (Å²) in [4.78, 5) is 5.91. The lowest BCUT2D eigenvalue weighted by Gasteiger charge is -2.34. The molecule has 0 aliphatic rings. The fraction of sp³-hybridized carbons (Fsp3) is 1.00. The van der Waals surface area contributed by atoms with Crippen molar-refractivity contribution in [2.24, 2.45) is 5.92 Å². The molecule has 4 heteroatoms. The standard InChI is InChI=1S/C10H27N3O/c1-8-10(2)9-13(7,11-3)14-12(4,5)6/h10-11H,8-9H2,1-7H3/q+2. The second kappa shape index (κ2) is 5.07. The minimum absolute atomic E-state index is 0.443. The summed E-state index contributed by atoms with van der Waals surface area (Å²) in [6, 6.07) is 0. The zero-order valence-electron chi connectivity index (χ0n) is 10.8. The molecule has 0 rings (SSSR count). The Kier molecular flexibility index (Phi) is 5.01. The summed E-state index contributed by atoms with van der Waals surface area (Å²) < 4.78 is 0.937. The third-order valence-electron chi connectivity index (χ3n) is 2.26. The first-order valence-electron chi connectivity index (χ1n) is 5.29. The highest BCUT2D eigenvalue weighted by molar-refractivity contribution is 4.44. The van der Waals surface area contributed by atoms with Crippen LogP contribution in [0.1, 0.15) is 20.3 Å². The van der Waals surface area contributed by atoms with E-state index in [2.05, 4.69) is 26.3 Å². The van der Waals surface area contributed by atoms with E-state index in [1.807, 2.05) is 28.2 Å². The number of hydrogen-bond donors (Lipinski definition) is 1. The number of nitrogens with zero attached hydrogens (tertiary/aromatic N) is 2. The van der Waals surface area contributed by atoms with Crippen molar-refractivity contribution in [3.05, 3.63) is 0 Å². The average molecular weight is 205 g/mol. The first-order valence-corrected chi connectivity index (χ1v) is 5.29. The molecule has 14 heavy (non-hydrogen) atoms. The van der Waals surface area contributed by atoms with Crippen LogP contribution in [0.15, 0.2) is 0 Å². The zero-order valence-corrected chi connectivity index (χ0v) is 10.8. The second-order valence-electron chi connectivity index (χ2n) is 4.99. The molecular formula is C10H27N3O+2. The zero-order chi connectivity index (χ0) is 11.4. The minimum Gasteiger partial charge on any atom is -0.134 e. The Balaban J connectivity index is 4.32. The molecule has 0 spiro atoms. The molecule has 2 unspecified atom stereocenters. The van der Waals surface area contributed by atoms with Crippen LogP contribution in [-0.2, 0) is 4.94 Å². The summed E-state index contributed by atoms with van der Waals surface area (Å²) in [6.07, 6.45) is 1.18. The average Bonchev–Trinajstić information content (AvgIpc) is 2.00. The van der Waals surface area contributed by atoms with E-state index in [-0.39, 0.29) is 0 Å². The van der Waals surface area contributed by atoms with E-state index in [0.29, 0.717) is 15.3 Å². The van der Waals surface area contributed by atoms with Gasteiger partial charge in [-0.1, -0.05) is 18.6 Å². The highest BCUT2D eigenvalue weighted by atomic mass is 16.9. The Hall–Kier alpha value is -0.160. The Morgan fingerprint density at radius 2 is 1.71 bits per heavy atom. The van der Waals surface area contributed by atoms with Crippen molar-refractivity contribution in [2.45, 2.75) is 20.3 Å². The fourth-order valence-electron chi connectivity index (χ4n) is 1.43. The lowest BCUT2D eigenvalue weighted by molar-refractivity contribution is -1.34. The van der Waals surface area contributed by atoms with Crippen molar-refractivity contribution >= 4 is 0 Å². The van der Waals surface area contributed by atoms with Crippen LogP contribution in [0.2, 0.25) is 0 Å². The van der Waals surface area contributed by atoms with Crippen molar-refractivity contribution < 1.29 is 14.3 Å². The molecule has 4 nitrogen and oxygen atoms in total. The lowest BCUT2D eigenvalue weighted by atomic mass is 10.1. The van der Waals surface area contributed by atoms with Crippen LogP contribution >= 0.6 is 0 Å². The first kappa shape index (κ1) is 13.8. The van der Waals surface area contributed by atoms with Gasteiger partial charge in [0.1, 0.15) is 34.7 Å². The molecule has 0 aliphatic carbocycles. The fourth-order valence-corrected chi connectivity index (χ4v) is 1.43. The Labute approximate surface area is 88.5 Å². The minimum atomic E-state index is 0.443. The van der Waals surface area contributed by atoms with E-state index in [9.17, 15) is 0 Å². The van der Waals surface area contributed by atoms with Crippen molar-refractivity contribution in [1.82, 2.24) is 5.43 Å². The van der Waals surface area contributed by atoms with Gasteiger partial charge in [0, 0.05) is 17.9 Å². The third-order valence-corrected chi connectivity index (χ3v) is 2.26. The highest BCUT2D eigenvalue weighted by Crippen LogP contribution is 2.11. The molecule has 0 saturated carbocycles. The quantitative estimate of drug-likeness (QED) is 0.519. The summed E-state index contributed by atoms with van der Waals surface area (Å²) in [6.45, 7) is 5.42. The molecule has 0 aromatic carbocycles. The van der Waals surface area contributed by atoms with Gasteiger partial charge in [0.25, 0.3) is 0 Å². The molecule has 0 fully saturated rings.